The predicted octanol–water partition coefficient (Wildman–Crippen LogP) is 4.56. The smallest absolute Gasteiger partial charge is 0.424 e. The van der Waals surface area contributed by atoms with Gasteiger partial charge in [-0.2, -0.15) is 18.3 Å². The van der Waals surface area contributed by atoms with Crippen LogP contribution >= 0.6 is 0 Å². The molecule has 0 aliphatic heterocycles. The largest absolute Gasteiger partial charge is 0.494 e. The molecule has 0 saturated heterocycles. The molecular weight excluding hydrogens is 532 g/mol. The number of nitrogens with one attached hydrogen (secondary N) is 1. The zero-order valence-electron chi connectivity index (χ0n) is 22.0. The number of nitrogens with zero attached hydrogens (tertiary/aromatic N) is 3. The van der Waals surface area contributed by atoms with Crippen molar-refractivity contribution in [3.8, 4) is 17.0 Å². The first-order valence-electron chi connectivity index (χ1n) is 12.0. The molecule has 0 aliphatic carbocycles. The minimum Gasteiger partial charge on any atom is -0.494 e. The Bertz CT molecular complexity index is 1570. The predicted molar refractivity (Wildman–Crippen MR) is 138 cm³/mol. The Balaban J connectivity index is 1.77. The highest BCUT2D eigenvalue weighted by molar-refractivity contribution is 5.99. The summed E-state index contributed by atoms with van der Waals surface area (Å²) in [5.74, 6) is -1.64. The Morgan fingerprint density at radius 1 is 1.02 bits per heavy atom. The van der Waals surface area contributed by atoms with Crippen LogP contribution < -0.4 is 10.1 Å². The normalized spacial score (nSPS) is 13.7. The van der Waals surface area contributed by atoms with Crippen LogP contribution in [0.15, 0.2) is 54.6 Å². The van der Waals surface area contributed by atoms with Crippen LogP contribution in [0, 0.1) is 12.7 Å². The number of rotatable bonds is 7. The number of aryl methyl sites for hydroxylation is 1. The summed E-state index contributed by atoms with van der Waals surface area (Å²) < 4.78 is 64.0. The summed E-state index contributed by atoms with van der Waals surface area (Å²) in [6, 6.07) is 12.4. The summed E-state index contributed by atoms with van der Waals surface area (Å²) in [6.45, 7) is 2.68. The molecule has 8 nitrogen and oxygen atoms in total. The molecule has 1 unspecified atom stereocenters. The molecule has 2 aromatic heterocycles. The van der Waals surface area contributed by atoms with Gasteiger partial charge < -0.3 is 20.3 Å². The van der Waals surface area contributed by atoms with Crippen LogP contribution in [0.4, 0.5) is 17.6 Å². The van der Waals surface area contributed by atoms with E-state index in [0.29, 0.717) is 28.4 Å². The number of alkyl halides is 3. The summed E-state index contributed by atoms with van der Waals surface area (Å²) in [6.07, 6.45) is -5.35. The fraction of sp³-hybridized carbons (Fsp3) is 0.286. The molecule has 0 bridgehead atoms. The maximum atomic E-state index is 15.4. The van der Waals surface area contributed by atoms with Gasteiger partial charge in [0.05, 0.1) is 30.5 Å². The van der Waals surface area contributed by atoms with E-state index in [0.717, 1.165) is 0 Å². The van der Waals surface area contributed by atoms with E-state index < -0.39 is 52.6 Å². The average molecular weight is 559 g/mol. The van der Waals surface area contributed by atoms with Gasteiger partial charge in [-0.3, -0.25) is 4.79 Å². The lowest BCUT2D eigenvalue weighted by atomic mass is 9.90. The van der Waals surface area contributed by atoms with Gasteiger partial charge in [0.1, 0.15) is 11.4 Å². The van der Waals surface area contributed by atoms with E-state index in [1.807, 2.05) is 0 Å². The van der Waals surface area contributed by atoms with Gasteiger partial charge in [-0.25, -0.2) is 9.37 Å². The van der Waals surface area contributed by atoms with Crippen LogP contribution in [0.5, 0.6) is 5.75 Å². The Hall–Kier alpha value is -4.16. The summed E-state index contributed by atoms with van der Waals surface area (Å²) in [5, 5.41) is 32.0. The van der Waals surface area contributed by atoms with E-state index in [-0.39, 0.29) is 11.1 Å². The SMILES string of the molecule is COc1c(C)nnc2ccc(C(=O)NCC(O)(c3cc(C(C)(C)O)c(F)c(-c4ccccc4)n3)C(F)(F)F)cc12. The summed E-state index contributed by atoms with van der Waals surface area (Å²) in [5.41, 5.74) is -6.73. The quantitative estimate of drug-likeness (QED) is 0.285. The second-order valence-electron chi connectivity index (χ2n) is 9.73. The lowest BCUT2D eigenvalue weighted by Gasteiger charge is -2.32. The Morgan fingerprint density at radius 3 is 2.30 bits per heavy atom. The minimum atomic E-state index is -5.35. The van der Waals surface area contributed by atoms with E-state index in [9.17, 15) is 28.2 Å². The number of carbonyl (C=O) groups excluding carboxylic acids is 1. The summed E-state index contributed by atoms with van der Waals surface area (Å²) >= 11 is 0. The van der Waals surface area contributed by atoms with E-state index in [2.05, 4.69) is 20.5 Å². The van der Waals surface area contributed by atoms with Crippen molar-refractivity contribution in [1.29, 1.82) is 0 Å². The standard InChI is InChI=1S/C28H26F4N4O4/c1-15-24(40-4)18-12-17(10-11-20(18)36-35-15)25(37)33-14-27(39,28(30,31)32)21-13-19(26(2,3)38)22(29)23(34-21)16-8-6-5-7-9-16/h5-13,38-39H,14H2,1-4H3,(H,33,37). The topological polar surface area (TPSA) is 117 Å². The molecule has 2 heterocycles. The number of pyridine rings is 1. The maximum absolute atomic E-state index is 15.4. The highest BCUT2D eigenvalue weighted by Crippen LogP contribution is 2.41. The number of hydrogen-bond donors (Lipinski definition) is 3. The molecule has 3 N–H and O–H groups in total. The minimum absolute atomic E-state index is 0.0306. The van der Waals surface area contributed by atoms with Crippen LogP contribution in [0.2, 0.25) is 0 Å². The average Bonchev–Trinajstić information content (AvgIpc) is 2.90. The van der Waals surface area contributed by atoms with Crippen molar-refractivity contribution in [2.45, 2.75) is 38.1 Å². The van der Waals surface area contributed by atoms with Gasteiger partial charge in [0, 0.05) is 22.1 Å². The molecule has 0 aliphatic rings. The van der Waals surface area contributed by atoms with Crippen molar-refractivity contribution in [1.82, 2.24) is 20.5 Å². The number of ether oxygens (including phenoxy) is 1. The first-order chi connectivity index (χ1) is 18.7. The molecule has 4 rings (SSSR count). The fourth-order valence-electron chi connectivity index (χ4n) is 4.19. The number of aromatic nitrogens is 3. The third-order valence-corrected chi connectivity index (χ3v) is 6.41. The molecule has 1 atom stereocenters. The van der Waals surface area contributed by atoms with E-state index >= 15 is 4.39 Å². The lowest BCUT2D eigenvalue weighted by molar-refractivity contribution is -0.265. The number of amides is 1. The zero-order valence-corrected chi connectivity index (χ0v) is 22.0. The van der Waals surface area contributed by atoms with Gasteiger partial charge >= 0.3 is 6.18 Å². The Kier molecular flexibility index (Phi) is 7.52. The second-order valence-corrected chi connectivity index (χ2v) is 9.73. The molecule has 0 spiro atoms. The zero-order chi connectivity index (χ0) is 29.5. The van der Waals surface area contributed by atoms with Gasteiger partial charge in [0.25, 0.3) is 5.91 Å². The molecule has 12 heteroatoms. The number of carbonyl (C=O) groups is 1. The molecule has 0 saturated carbocycles. The Labute approximate surface area is 226 Å². The van der Waals surface area contributed by atoms with Gasteiger partial charge in [0.2, 0.25) is 5.60 Å². The number of methoxy groups -OCH3 is 1. The number of benzene rings is 2. The number of halogens is 4. The van der Waals surface area contributed by atoms with Crippen LogP contribution in [0.25, 0.3) is 22.2 Å². The molecule has 2 aromatic carbocycles. The third kappa shape index (κ3) is 5.32. The summed E-state index contributed by atoms with van der Waals surface area (Å²) in [7, 11) is 1.40. The van der Waals surface area contributed by atoms with Gasteiger partial charge in [0.15, 0.2) is 11.6 Å². The first-order valence-corrected chi connectivity index (χ1v) is 12.0. The molecule has 0 radical (unpaired) electrons. The van der Waals surface area contributed by atoms with E-state index in [1.165, 1.54) is 63.4 Å². The molecular formula is C28H26F4N4O4. The second kappa shape index (κ2) is 10.4. The van der Waals surface area contributed by atoms with Crippen molar-refractivity contribution >= 4 is 16.8 Å². The van der Waals surface area contributed by atoms with Crippen LogP contribution in [-0.4, -0.2) is 51.1 Å². The van der Waals surface area contributed by atoms with Crippen molar-refractivity contribution in [2.24, 2.45) is 0 Å². The number of hydrogen-bond acceptors (Lipinski definition) is 7. The van der Waals surface area contributed by atoms with Gasteiger partial charge in [-0.15, -0.1) is 5.10 Å². The van der Waals surface area contributed by atoms with Crippen molar-refractivity contribution in [3.63, 3.8) is 0 Å². The number of fused-ring (bicyclic) bond motifs is 1. The van der Waals surface area contributed by atoms with E-state index in [4.69, 9.17) is 4.74 Å². The molecule has 40 heavy (non-hydrogen) atoms. The van der Waals surface area contributed by atoms with Gasteiger partial charge in [-0.05, 0) is 45.0 Å². The fourth-order valence-corrected chi connectivity index (χ4v) is 4.19. The van der Waals surface area contributed by atoms with Crippen LogP contribution in [0.3, 0.4) is 0 Å². The van der Waals surface area contributed by atoms with Crippen LogP contribution in [-0.2, 0) is 11.2 Å². The van der Waals surface area contributed by atoms with Crippen molar-refractivity contribution in [3.05, 3.63) is 82.9 Å². The molecule has 0 fully saturated rings. The summed E-state index contributed by atoms with van der Waals surface area (Å²) in [4.78, 5) is 16.8. The van der Waals surface area contributed by atoms with Crippen LogP contribution in [0.1, 0.15) is 41.2 Å². The van der Waals surface area contributed by atoms with Crippen molar-refractivity contribution < 1.29 is 37.3 Å². The molecule has 210 valence electrons. The first kappa shape index (κ1) is 28.8. The maximum Gasteiger partial charge on any atom is 0.424 e. The number of aliphatic hydroxyl groups is 2. The van der Waals surface area contributed by atoms with E-state index in [1.54, 1.807) is 13.0 Å². The van der Waals surface area contributed by atoms with Crippen molar-refractivity contribution in [2.75, 3.05) is 13.7 Å². The van der Waals surface area contributed by atoms with Gasteiger partial charge in [-0.1, -0.05) is 30.3 Å². The lowest BCUT2D eigenvalue weighted by Crippen LogP contribution is -2.51. The molecule has 1 amide bonds. The highest BCUT2D eigenvalue weighted by atomic mass is 19.4. The molecule has 4 aromatic rings. The monoisotopic (exact) mass is 558 g/mol. The Morgan fingerprint density at radius 2 is 1.70 bits per heavy atom. The highest BCUT2D eigenvalue weighted by Gasteiger charge is 2.57. The third-order valence-electron chi connectivity index (χ3n) is 6.41.